The van der Waals surface area contributed by atoms with E-state index < -0.39 is 17.8 Å². The minimum absolute atomic E-state index is 0.124. The van der Waals surface area contributed by atoms with Crippen LogP contribution < -0.4 is 10.2 Å². The van der Waals surface area contributed by atoms with Gasteiger partial charge in [-0.1, -0.05) is 26.0 Å². The number of aliphatic hydroxyl groups excluding tert-OH is 1. The van der Waals surface area contributed by atoms with E-state index in [9.17, 15) is 15.0 Å². The van der Waals surface area contributed by atoms with Crippen LogP contribution in [-0.2, 0) is 10.2 Å². The summed E-state index contributed by atoms with van der Waals surface area (Å²) in [5.74, 6) is 0.642. The lowest BCUT2D eigenvalue weighted by Crippen LogP contribution is -2.50. The van der Waals surface area contributed by atoms with Gasteiger partial charge in [0.25, 0.3) is 0 Å². The third-order valence-electron chi connectivity index (χ3n) is 5.20. The normalized spacial score (nSPS) is 20.9. The van der Waals surface area contributed by atoms with Gasteiger partial charge in [-0.15, -0.1) is 0 Å². The molecule has 0 saturated carbocycles. The van der Waals surface area contributed by atoms with Gasteiger partial charge in [0.15, 0.2) is 0 Å². The monoisotopic (exact) mass is 368 g/mol. The van der Waals surface area contributed by atoms with Crippen molar-refractivity contribution in [2.45, 2.75) is 31.7 Å². The van der Waals surface area contributed by atoms with Gasteiger partial charge in [-0.25, -0.2) is 0 Å². The van der Waals surface area contributed by atoms with Crippen molar-refractivity contribution in [3.8, 4) is 22.6 Å². The van der Waals surface area contributed by atoms with Crippen molar-refractivity contribution in [2.24, 2.45) is 0 Å². The number of hydrogen-bond donors (Lipinski definition) is 2. The molecule has 0 saturated heterocycles. The molecule has 1 aliphatic heterocycles. The minimum atomic E-state index is -0.928. The molecule has 140 valence electrons. The van der Waals surface area contributed by atoms with Crippen molar-refractivity contribution in [3.63, 3.8) is 0 Å². The summed E-state index contributed by atoms with van der Waals surface area (Å²) in [6.45, 7) is 3.72. The maximum atomic E-state index is 13.1. The quantitative estimate of drug-likeness (QED) is 0.722. The van der Waals surface area contributed by atoms with Crippen molar-refractivity contribution in [1.29, 1.82) is 0 Å². The van der Waals surface area contributed by atoms with Crippen molar-refractivity contribution in [3.05, 3.63) is 58.4 Å². The van der Waals surface area contributed by atoms with Crippen molar-refractivity contribution >= 4 is 11.0 Å². The van der Waals surface area contributed by atoms with Crippen LogP contribution in [0.2, 0.25) is 0 Å². The molecular weight excluding hydrogens is 348 g/mol. The van der Waals surface area contributed by atoms with Crippen LogP contribution >= 0.6 is 0 Å². The highest BCUT2D eigenvalue weighted by molar-refractivity contribution is 5.87. The smallest absolute Gasteiger partial charge is 0.226 e. The van der Waals surface area contributed by atoms with E-state index in [1.54, 1.807) is 24.3 Å². The molecule has 2 heterocycles. The van der Waals surface area contributed by atoms with E-state index in [0.29, 0.717) is 33.4 Å². The molecule has 0 fully saturated rings. The van der Waals surface area contributed by atoms with Crippen LogP contribution in [0.4, 0.5) is 0 Å². The first-order valence-electron chi connectivity index (χ1n) is 8.60. The average molecular weight is 368 g/mol. The first-order valence-corrected chi connectivity index (χ1v) is 8.60. The Morgan fingerprint density at radius 1 is 1.11 bits per heavy atom. The Morgan fingerprint density at radius 2 is 1.81 bits per heavy atom. The Bertz CT molecular complexity index is 1060. The van der Waals surface area contributed by atoms with Gasteiger partial charge < -0.3 is 24.1 Å². The molecule has 3 aromatic rings. The number of hydrogen-bond acceptors (Lipinski definition) is 6. The van der Waals surface area contributed by atoms with Crippen LogP contribution in [0.1, 0.15) is 19.4 Å². The van der Waals surface area contributed by atoms with Crippen LogP contribution in [0, 0.1) is 0 Å². The molecule has 1 aromatic heterocycles. The molecular formula is C21H20O6. The van der Waals surface area contributed by atoms with Gasteiger partial charge in [-0.05, 0) is 29.8 Å². The van der Waals surface area contributed by atoms with Gasteiger partial charge in [0.1, 0.15) is 29.4 Å². The van der Waals surface area contributed by atoms with Gasteiger partial charge in [0.05, 0.1) is 10.9 Å². The summed E-state index contributed by atoms with van der Waals surface area (Å²) in [5, 5.41) is 20.5. The third-order valence-corrected chi connectivity index (χ3v) is 5.20. The van der Waals surface area contributed by atoms with E-state index in [2.05, 4.69) is 0 Å². The zero-order valence-electron chi connectivity index (χ0n) is 15.2. The van der Waals surface area contributed by atoms with E-state index in [-0.39, 0.29) is 11.2 Å². The fourth-order valence-corrected chi connectivity index (χ4v) is 3.59. The Labute approximate surface area is 155 Å². The summed E-state index contributed by atoms with van der Waals surface area (Å²) in [6, 6.07) is 9.71. The average Bonchev–Trinajstić information content (AvgIpc) is 2.65. The van der Waals surface area contributed by atoms with E-state index in [1.807, 2.05) is 13.8 Å². The molecule has 2 atom stereocenters. The van der Waals surface area contributed by atoms with Crippen molar-refractivity contribution < 1.29 is 24.1 Å². The Morgan fingerprint density at radius 3 is 2.48 bits per heavy atom. The zero-order chi connectivity index (χ0) is 19.3. The van der Waals surface area contributed by atoms with Gasteiger partial charge in [-0.2, -0.15) is 0 Å². The zero-order valence-corrected chi connectivity index (χ0v) is 15.2. The van der Waals surface area contributed by atoms with Crippen LogP contribution in [0.25, 0.3) is 22.1 Å². The summed E-state index contributed by atoms with van der Waals surface area (Å²) in [4.78, 5) is 13.1. The number of phenols is 1. The lowest BCUT2D eigenvalue weighted by atomic mass is 9.76. The standard InChI is InChI=1S/C21H20O6/c1-21(2)16-15(27-20(25-3)19(21)24)9-8-13-17(23)14(10-26-18(13)16)11-4-6-12(22)7-5-11/h4-10,19-20,22,24H,1-3H3/t19-,20-/m1/s1. The second-order valence-electron chi connectivity index (χ2n) is 7.23. The summed E-state index contributed by atoms with van der Waals surface area (Å²) in [5.41, 5.74) is 1.13. The molecule has 6 nitrogen and oxygen atoms in total. The molecule has 0 radical (unpaired) electrons. The van der Waals surface area contributed by atoms with Crippen molar-refractivity contribution in [1.82, 2.24) is 0 Å². The number of fused-ring (bicyclic) bond motifs is 3. The highest BCUT2D eigenvalue weighted by Crippen LogP contribution is 2.44. The summed E-state index contributed by atoms with van der Waals surface area (Å²) < 4.78 is 16.8. The minimum Gasteiger partial charge on any atom is -0.508 e. The fourth-order valence-electron chi connectivity index (χ4n) is 3.59. The molecule has 1 aliphatic rings. The van der Waals surface area contributed by atoms with Crippen LogP contribution in [-0.4, -0.2) is 29.7 Å². The summed E-state index contributed by atoms with van der Waals surface area (Å²) >= 11 is 0. The van der Waals surface area contributed by atoms with E-state index in [0.717, 1.165) is 0 Å². The van der Waals surface area contributed by atoms with Gasteiger partial charge in [0.2, 0.25) is 11.7 Å². The predicted octanol–water partition coefficient (Wildman–Crippen LogP) is 3.17. The largest absolute Gasteiger partial charge is 0.508 e. The lowest BCUT2D eigenvalue weighted by molar-refractivity contribution is -0.159. The van der Waals surface area contributed by atoms with E-state index in [1.165, 1.54) is 25.5 Å². The van der Waals surface area contributed by atoms with E-state index in [4.69, 9.17) is 13.9 Å². The highest BCUT2D eigenvalue weighted by Gasteiger charge is 2.45. The Hall–Kier alpha value is -2.83. The molecule has 0 unspecified atom stereocenters. The van der Waals surface area contributed by atoms with Crippen LogP contribution in [0.5, 0.6) is 11.5 Å². The van der Waals surface area contributed by atoms with E-state index >= 15 is 0 Å². The molecule has 0 bridgehead atoms. The first kappa shape index (κ1) is 17.6. The number of phenolic OH excluding ortho intramolecular Hbond substituents is 1. The molecule has 27 heavy (non-hydrogen) atoms. The maximum absolute atomic E-state index is 13.1. The summed E-state index contributed by atoms with van der Waals surface area (Å²) in [6.07, 6.45) is -0.321. The van der Waals surface area contributed by atoms with Gasteiger partial charge in [0, 0.05) is 18.1 Å². The second-order valence-corrected chi connectivity index (χ2v) is 7.23. The maximum Gasteiger partial charge on any atom is 0.226 e. The number of benzene rings is 2. The Kier molecular flexibility index (Phi) is 3.98. The molecule has 6 heteroatoms. The number of aromatic hydroxyl groups is 1. The van der Waals surface area contributed by atoms with Crippen LogP contribution in [0.15, 0.2) is 51.9 Å². The summed E-state index contributed by atoms with van der Waals surface area (Å²) in [7, 11) is 1.47. The molecule has 0 aliphatic carbocycles. The molecule has 4 rings (SSSR count). The molecule has 2 N–H and O–H groups in total. The van der Waals surface area contributed by atoms with Gasteiger partial charge in [-0.3, -0.25) is 4.79 Å². The predicted molar refractivity (Wildman–Crippen MR) is 100 cm³/mol. The van der Waals surface area contributed by atoms with Crippen LogP contribution in [0.3, 0.4) is 0 Å². The first-order chi connectivity index (χ1) is 12.8. The third kappa shape index (κ3) is 2.60. The molecule has 0 amide bonds. The van der Waals surface area contributed by atoms with Crippen molar-refractivity contribution in [2.75, 3.05) is 7.11 Å². The lowest BCUT2D eigenvalue weighted by Gasteiger charge is -2.41. The second kappa shape index (κ2) is 6.11. The molecule has 0 spiro atoms. The fraction of sp³-hybridized carbons (Fsp3) is 0.286. The number of methoxy groups -OCH3 is 1. The SMILES string of the molecule is CO[C@@H]1Oc2ccc3c(=O)c(-c4ccc(O)cc4)coc3c2C(C)(C)[C@@H]1O. The van der Waals surface area contributed by atoms with Gasteiger partial charge >= 0.3 is 0 Å². The number of aliphatic hydroxyl groups is 1. The number of ether oxygens (including phenoxy) is 2. The topological polar surface area (TPSA) is 89.1 Å². The highest BCUT2D eigenvalue weighted by atomic mass is 16.7. The number of rotatable bonds is 2. The Balaban J connectivity index is 1.95. The molecule has 2 aromatic carbocycles.